The van der Waals surface area contributed by atoms with Crippen LogP contribution in [0.1, 0.15) is 39.0 Å². The lowest BCUT2D eigenvalue weighted by atomic mass is 9.77. The first-order chi connectivity index (χ1) is 8.05. The minimum Gasteiger partial charge on any atom is -0.466 e. The van der Waals surface area contributed by atoms with Crippen LogP contribution >= 0.6 is 0 Å². The van der Waals surface area contributed by atoms with Gasteiger partial charge in [0.1, 0.15) is 5.60 Å². The fourth-order valence-corrected chi connectivity index (χ4v) is 2.71. The van der Waals surface area contributed by atoms with E-state index in [0.717, 1.165) is 24.8 Å². The zero-order chi connectivity index (χ0) is 12.5. The molecule has 0 aromatic carbocycles. The molecule has 0 aromatic rings. The quantitative estimate of drug-likeness (QED) is 0.690. The summed E-state index contributed by atoms with van der Waals surface area (Å²) in [4.78, 5) is 22.6. The van der Waals surface area contributed by atoms with E-state index in [1.807, 2.05) is 13.0 Å². The molecule has 2 atom stereocenters. The van der Waals surface area contributed by atoms with Crippen molar-refractivity contribution in [1.82, 2.24) is 0 Å². The van der Waals surface area contributed by atoms with Crippen LogP contribution in [0.25, 0.3) is 0 Å². The largest absolute Gasteiger partial charge is 0.466 e. The first-order valence-corrected chi connectivity index (χ1v) is 6.04. The number of carbonyl (C=O) groups is 2. The first kappa shape index (κ1) is 12.1. The second-order valence-electron chi connectivity index (χ2n) is 4.98. The molecule has 1 aliphatic carbocycles. The molecule has 0 spiro atoms. The molecule has 1 saturated heterocycles. The van der Waals surface area contributed by atoms with Gasteiger partial charge in [0.05, 0.1) is 7.11 Å². The summed E-state index contributed by atoms with van der Waals surface area (Å²) < 4.78 is 10.1. The zero-order valence-electron chi connectivity index (χ0n) is 10.3. The van der Waals surface area contributed by atoms with E-state index >= 15 is 0 Å². The summed E-state index contributed by atoms with van der Waals surface area (Å²) in [7, 11) is 1.40. The molecule has 2 rings (SSSR count). The van der Waals surface area contributed by atoms with Crippen molar-refractivity contribution in [3.8, 4) is 0 Å². The fourth-order valence-electron chi connectivity index (χ4n) is 2.71. The lowest BCUT2D eigenvalue weighted by Gasteiger charge is -2.34. The van der Waals surface area contributed by atoms with E-state index in [2.05, 4.69) is 0 Å². The maximum atomic E-state index is 11.4. The van der Waals surface area contributed by atoms with Gasteiger partial charge < -0.3 is 9.47 Å². The lowest BCUT2D eigenvalue weighted by Crippen LogP contribution is -2.35. The van der Waals surface area contributed by atoms with Gasteiger partial charge in [-0.1, -0.05) is 6.08 Å². The Balaban J connectivity index is 2.01. The molecule has 0 unspecified atom stereocenters. The van der Waals surface area contributed by atoms with Crippen molar-refractivity contribution in [3.63, 3.8) is 0 Å². The number of cyclic esters (lactones) is 1. The third kappa shape index (κ3) is 2.35. The molecule has 0 N–H and O–H groups in total. The predicted molar refractivity (Wildman–Crippen MR) is 61.2 cm³/mol. The van der Waals surface area contributed by atoms with Crippen molar-refractivity contribution in [3.05, 3.63) is 11.6 Å². The van der Waals surface area contributed by atoms with Gasteiger partial charge in [0.2, 0.25) is 0 Å². The Morgan fingerprint density at radius 2 is 2.29 bits per heavy atom. The Morgan fingerprint density at radius 1 is 1.53 bits per heavy atom. The highest BCUT2D eigenvalue weighted by atomic mass is 16.6. The predicted octanol–water partition coefficient (Wildman–Crippen LogP) is 1.98. The minimum absolute atomic E-state index is 0.102. The number of allylic oxidation sites excluding steroid dienone is 1. The van der Waals surface area contributed by atoms with Crippen LogP contribution in [0.5, 0.6) is 0 Å². The van der Waals surface area contributed by atoms with Crippen molar-refractivity contribution >= 4 is 11.9 Å². The van der Waals surface area contributed by atoms with Crippen molar-refractivity contribution < 1.29 is 19.1 Å². The highest BCUT2D eigenvalue weighted by molar-refractivity contribution is 5.88. The zero-order valence-corrected chi connectivity index (χ0v) is 10.3. The molecule has 2 aliphatic rings. The number of hydrogen-bond acceptors (Lipinski definition) is 4. The number of hydrogen-bond donors (Lipinski definition) is 0. The summed E-state index contributed by atoms with van der Waals surface area (Å²) in [5.41, 5.74) is 0.409. The average molecular weight is 238 g/mol. The Morgan fingerprint density at radius 3 is 2.76 bits per heavy atom. The third-order valence-electron chi connectivity index (χ3n) is 3.89. The number of methoxy groups -OCH3 is 1. The van der Waals surface area contributed by atoms with Gasteiger partial charge >= 0.3 is 11.9 Å². The highest BCUT2D eigenvalue weighted by Gasteiger charge is 2.43. The number of esters is 2. The summed E-state index contributed by atoms with van der Waals surface area (Å²) >= 11 is 0. The van der Waals surface area contributed by atoms with Gasteiger partial charge in [0.15, 0.2) is 0 Å². The van der Waals surface area contributed by atoms with Gasteiger partial charge in [-0.05, 0) is 32.6 Å². The van der Waals surface area contributed by atoms with Crippen LogP contribution in [0.2, 0.25) is 0 Å². The molecule has 4 nitrogen and oxygen atoms in total. The first-order valence-electron chi connectivity index (χ1n) is 6.04. The topological polar surface area (TPSA) is 52.6 Å². The summed E-state index contributed by atoms with van der Waals surface area (Å²) in [6.07, 6.45) is 5.61. The molecule has 1 fully saturated rings. The fraction of sp³-hybridized carbons (Fsp3) is 0.692. The Labute approximate surface area is 101 Å². The number of rotatable bonds is 2. The molecular formula is C13H18O4. The van der Waals surface area contributed by atoms with Crippen molar-refractivity contribution in [2.45, 2.75) is 44.6 Å². The highest BCUT2D eigenvalue weighted by Crippen LogP contribution is 2.40. The molecular weight excluding hydrogens is 220 g/mol. The number of ether oxygens (including phenoxy) is 2. The van der Waals surface area contributed by atoms with Crippen LogP contribution in [-0.2, 0) is 19.1 Å². The lowest BCUT2D eigenvalue weighted by molar-refractivity contribution is -0.151. The van der Waals surface area contributed by atoms with Gasteiger partial charge in [-0.2, -0.15) is 0 Å². The second kappa shape index (κ2) is 4.51. The van der Waals surface area contributed by atoms with E-state index in [1.54, 1.807) is 0 Å². The number of carbonyl (C=O) groups excluding carboxylic acids is 2. The second-order valence-corrected chi connectivity index (χ2v) is 4.98. The van der Waals surface area contributed by atoms with Crippen LogP contribution in [0.4, 0.5) is 0 Å². The van der Waals surface area contributed by atoms with Crippen LogP contribution in [0, 0.1) is 5.92 Å². The monoisotopic (exact) mass is 238 g/mol. The van der Waals surface area contributed by atoms with E-state index in [1.165, 1.54) is 7.11 Å². The molecule has 94 valence electrons. The molecule has 17 heavy (non-hydrogen) atoms. The molecule has 0 amide bonds. The van der Waals surface area contributed by atoms with E-state index in [4.69, 9.17) is 9.47 Å². The summed E-state index contributed by atoms with van der Waals surface area (Å²) in [6, 6.07) is 0. The van der Waals surface area contributed by atoms with Gasteiger partial charge in [-0.15, -0.1) is 0 Å². The average Bonchev–Trinajstić information content (AvgIpc) is 2.70. The molecule has 0 saturated carbocycles. The van der Waals surface area contributed by atoms with E-state index in [9.17, 15) is 9.59 Å². The van der Waals surface area contributed by atoms with Crippen LogP contribution in [-0.4, -0.2) is 24.6 Å². The molecule has 0 radical (unpaired) electrons. The van der Waals surface area contributed by atoms with Crippen LogP contribution in [0.3, 0.4) is 0 Å². The maximum Gasteiger partial charge on any atom is 0.333 e. The van der Waals surface area contributed by atoms with Crippen molar-refractivity contribution in [1.29, 1.82) is 0 Å². The van der Waals surface area contributed by atoms with E-state index < -0.39 is 0 Å². The van der Waals surface area contributed by atoms with Gasteiger partial charge in [-0.25, -0.2) is 4.79 Å². The molecule has 1 heterocycles. The third-order valence-corrected chi connectivity index (χ3v) is 3.89. The summed E-state index contributed by atoms with van der Waals surface area (Å²) in [5, 5.41) is 0. The van der Waals surface area contributed by atoms with Crippen LogP contribution < -0.4 is 0 Å². The van der Waals surface area contributed by atoms with Crippen molar-refractivity contribution in [2.24, 2.45) is 5.92 Å². The SMILES string of the molecule is COC(=O)C1=CC[C@H]([C@]2(C)CCC(=O)O2)CC1. The summed E-state index contributed by atoms with van der Waals surface area (Å²) in [6.45, 7) is 2.00. The van der Waals surface area contributed by atoms with Gasteiger partial charge in [0.25, 0.3) is 0 Å². The van der Waals surface area contributed by atoms with Crippen LogP contribution in [0.15, 0.2) is 11.6 Å². The van der Waals surface area contributed by atoms with Gasteiger partial charge in [0, 0.05) is 17.9 Å². The Bertz CT molecular complexity index is 372. The Hall–Kier alpha value is -1.32. The minimum atomic E-state index is -0.338. The van der Waals surface area contributed by atoms with Gasteiger partial charge in [-0.3, -0.25) is 4.79 Å². The van der Waals surface area contributed by atoms with Crippen molar-refractivity contribution in [2.75, 3.05) is 7.11 Å². The Kier molecular flexibility index (Phi) is 3.22. The maximum absolute atomic E-state index is 11.4. The van der Waals surface area contributed by atoms with E-state index in [0.29, 0.717) is 18.8 Å². The molecule has 0 aromatic heterocycles. The van der Waals surface area contributed by atoms with E-state index in [-0.39, 0.29) is 17.5 Å². The standard InChI is InChI=1S/C13H18O4/c1-13(8-7-11(14)17-13)10-5-3-9(4-6-10)12(15)16-2/h3,10H,4-8H2,1-2H3/t10-,13-/m0/s1. The smallest absolute Gasteiger partial charge is 0.333 e. The molecule has 4 heteroatoms. The molecule has 0 bridgehead atoms. The summed E-state index contributed by atoms with van der Waals surface area (Å²) in [5.74, 6) is -0.0189. The molecule has 1 aliphatic heterocycles. The normalized spacial score (nSPS) is 32.9.